The predicted octanol–water partition coefficient (Wildman–Crippen LogP) is 3.92. The van der Waals surface area contributed by atoms with Crippen LogP contribution in [0.3, 0.4) is 0 Å². The number of anilines is 1. The van der Waals surface area contributed by atoms with E-state index in [4.69, 9.17) is 5.73 Å². The third-order valence-corrected chi connectivity index (χ3v) is 3.46. The number of nitrogen functional groups attached to an aromatic ring is 1. The topological polar surface area (TPSA) is 38.9 Å². The van der Waals surface area contributed by atoms with Gasteiger partial charge in [-0.3, -0.25) is 0 Å². The van der Waals surface area contributed by atoms with Crippen LogP contribution in [-0.4, -0.2) is 4.98 Å². The highest BCUT2D eigenvalue weighted by Crippen LogP contribution is 2.31. The second-order valence-electron chi connectivity index (χ2n) is 2.72. The number of rotatable bonds is 1. The summed E-state index contributed by atoms with van der Waals surface area (Å²) in [6.07, 6.45) is 1.79. The van der Waals surface area contributed by atoms with Gasteiger partial charge in [0.05, 0.1) is 4.88 Å². The highest BCUT2D eigenvalue weighted by molar-refractivity contribution is 9.11. The molecule has 0 aliphatic heterocycles. The quantitative estimate of drug-likeness (QED) is 0.859. The van der Waals surface area contributed by atoms with Crippen LogP contribution in [0.1, 0.15) is 0 Å². The summed E-state index contributed by atoms with van der Waals surface area (Å²) >= 11 is 8.36. The average Bonchev–Trinajstić information content (AvgIpc) is 2.50. The van der Waals surface area contributed by atoms with E-state index in [0.717, 1.165) is 19.4 Å². The number of hydrogen-bond acceptors (Lipinski definition) is 3. The first-order chi connectivity index (χ1) is 6.65. The monoisotopic (exact) mass is 332 g/mol. The van der Waals surface area contributed by atoms with Crippen molar-refractivity contribution in [2.45, 2.75) is 0 Å². The molecule has 14 heavy (non-hydrogen) atoms. The van der Waals surface area contributed by atoms with Crippen molar-refractivity contribution in [1.82, 2.24) is 4.98 Å². The Hall–Kier alpha value is -0.390. The molecule has 5 heteroatoms. The lowest BCUT2D eigenvalue weighted by atomic mass is 10.2. The molecule has 0 spiro atoms. The van der Waals surface area contributed by atoms with E-state index in [1.807, 2.05) is 18.2 Å². The molecule has 0 unspecified atom stereocenters. The molecule has 2 rings (SSSR count). The number of hydrogen-bond donors (Lipinski definition) is 1. The fourth-order valence-corrected chi connectivity index (χ4v) is 3.08. The lowest BCUT2D eigenvalue weighted by Crippen LogP contribution is -1.77. The normalized spacial score (nSPS) is 10.4. The first kappa shape index (κ1) is 10.1. The zero-order valence-electron chi connectivity index (χ0n) is 7.00. The summed E-state index contributed by atoms with van der Waals surface area (Å²) in [6, 6.07) is 6.07. The summed E-state index contributed by atoms with van der Waals surface area (Å²) < 4.78 is 2.07. The van der Waals surface area contributed by atoms with E-state index in [9.17, 15) is 0 Å². The third-order valence-electron chi connectivity index (χ3n) is 1.67. The van der Waals surface area contributed by atoms with Crippen molar-refractivity contribution in [3.8, 4) is 10.4 Å². The van der Waals surface area contributed by atoms with Crippen LogP contribution in [-0.2, 0) is 0 Å². The molecule has 2 aromatic rings. The Balaban J connectivity index is 2.51. The van der Waals surface area contributed by atoms with Gasteiger partial charge in [-0.25, -0.2) is 4.98 Å². The van der Waals surface area contributed by atoms with Crippen molar-refractivity contribution in [2.24, 2.45) is 0 Å². The molecule has 0 aliphatic rings. The van der Waals surface area contributed by atoms with Gasteiger partial charge in [0.25, 0.3) is 0 Å². The third kappa shape index (κ3) is 2.16. The summed E-state index contributed by atoms with van der Waals surface area (Å²) in [6.45, 7) is 0. The molecule has 0 amide bonds. The van der Waals surface area contributed by atoms with Crippen LogP contribution in [0.5, 0.6) is 0 Å². The van der Waals surface area contributed by atoms with E-state index in [1.165, 1.54) is 11.3 Å². The van der Waals surface area contributed by atoms with Gasteiger partial charge in [-0.2, -0.15) is 0 Å². The lowest BCUT2D eigenvalue weighted by molar-refractivity contribution is 1.42. The van der Waals surface area contributed by atoms with E-state index in [2.05, 4.69) is 36.8 Å². The molecule has 2 N–H and O–H groups in total. The Kier molecular flexibility index (Phi) is 2.90. The van der Waals surface area contributed by atoms with Crippen LogP contribution in [0.2, 0.25) is 0 Å². The maximum atomic E-state index is 5.58. The number of aromatic nitrogens is 1. The minimum atomic E-state index is 0.594. The Morgan fingerprint density at radius 3 is 2.29 bits per heavy atom. The average molecular weight is 334 g/mol. The summed E-state index contributed by atoms with van der Waals surface area (Å²) in [5, 5.41) is 0.594. The van der Waals surface area contributed by atoms with Gasteiger partial charge in [0.1, 0.15) is 0 Å². The standard InChI is InChI=1S/C9H6Br2N2S/c10-6-1-5(2-7(11)3-6)8-4-13-9(12)14-8/h1-4H,(H2,12,13). The molecule has 1 aromatic heterocycles. The maximum absolute atomic E-state index is 5.58. The SMILES string of the molecule is Nc1ncc(-c2cc(Br)cc(Br)c2)s1. The van der Waals surface area contributed by atoms with E-state index in [-0.39, 0.29) is 0 Å². The Bertz CT molecular complexity index is 447. The van der Waals surface area contributed by atoms with Crippen molar-refractivity contribution < 1.29 is 0 Å². The van der Waals surface area contributed by atoms with Crippen molar-refractivity contribution in [3.05, 3.63) is 33.3 Å². The van der Waals surface area contributed by atoms with Crippen molar-refractivity contribution in [2.75, 3.05) is 5.73 Å². The minimum Gasteiger partial charge on any atom is -0.375 e. The first-order valence-corrected chi connectivity index (χ1v) is 6.23. The van der Waals surface area contributed by atoms with Gasteiger partial charge in [-0.15, -0.1) is 0 Å². The Morgan fingerprint density at radius 1 is 1.14 bits per heavy atom. The summed E-state index contributed by atoms with van der Waals surface area (Å²) in [5.74, 6) is 0. The molecule has 1 aromatic carbocycles. The Labute approximate surface area is 102 Å². The molecule has 0 aliphatic carbocycles. The van der Waals surface area contributed by atoms with E-state index < -0.39 is 0 Å². The van der Waals surface area contributed by atoms with Gasteiger partial charge in [-0.05, 0) is 23.8 Å². The van der Waals surface area contributed by atoms with Crippen LogP contribution in [0.25, 0.3) is 10.4 Å². The molecule has 0 saturated carbocycles. The molecule has 0 saturated heterocycles. The molecule has 0 bridgehead atoms. The largest absolute Gasteiger partial charge is 0.375 e. The smallest absolute Gasteiger partial charge is 0.180 e. The highest BCUT2D eigenvalue weighted by atomic mass is 79.9. The van der Waals surface area contributed by atoms with Gasteiger partial charge in [0, 0.05) is 15.1 Å². The van der Waals surface area contributed by atoms with Gasteiger partial charge in [0.2, 0.25) is 0 Å². The van der Waals surface area contributed by atoms with Crippen LogP contribution < -0.4 is 5.73 Å². The Morgan fingerprint density at radius 2 is 1.79 bits per heavy atom. The molecular weight excluding hydrogens is 328 g/mol. The number of nitrogens with two attached hydrogens (primary N) is 1. The molecule has 72 valence electrons. The molecular formula is C9H6Br2N2S. The van der Waals surface area contributed by atoms with Crippen molar-refractivity contribution in [3.63, 3.8) is 0 Å². The van der Waals surface area contributed by atoms with Crippen molar-refractivity contribution in [1.29, 1.82) is 0 Å². The highest BCUT2D eigenvalue weighted by Gasteiger charge is 2.04. The lowest BCUT2D eigenvalue weighted by Gasteiger charge is -1.99. The fraction of sp³-hybridized carbons (Fsp3) is 0. The second-order valence-corrected chi connectivity index (χ2v) is 5.61. The molecule has 0 fully saturated rings. The van der Waals surface area contributed by atoms with Crippen LogP contribution in [0.15, 0.2) is 33.3 Å². The van der Waals surface area contributed by atoms with Crippen LogP contribution >= 0.6 is 43.2 Å². The number of thiazole rings is 1. The van der Waals surface area contributed by atoms with Gasteiger partial charge >= 0.3 is 0 Å². The number of benzene rings is 1. The zero-order chi connectivity index (χ0) is 10.1. The number of halogens is 2. The molecule has 0 atom stereocenters. The van der Waals surface area contributed by atoms with Gasteiger partial charge < -0.3 is 5.73 Å². The summed E-state index contributed by atoms with van der Waals surface area (Å²) in [4.78, 5) is 5.09. The maximum Gasteiger partial charge on any atom is 0.180 e. The molecule has 0 radical (unpaired) electrons. The fourth-order valence-electron chi connectivity index (χ4n) is 1.12. The van der Waals surface area contributed by atoms with Crippen molar-refractivity contribution >= 4 is 48.3 Å². The number of nitrogens with zero attached hydrogens (tertiary/aromatic N) is 1. The van der Waals surface area contributed by atoms with Crippen LogP contribution in [0.4, 0.5) is 5.13 Å². The minimum absolute atomic E-state index is 0.594. The van der Waals surface area contributed by atoms with Gasteiger partial charge in [0.15, 0.2) is 5.13 Å². The van der Waals surface area contributed by atoms with E-state index >= 15 is 0 Å². The summed E-state index contributed by atoms with van der Waals surface area (Å²) in [5.41, 5.74) is 6.69. The van der Waals surface area contributed by atoms with E-state index in [1.54, 1.807) is 6.20 Å². The van der Waals surface area contributed by atoms with Crippen LogP contribution in [0, 0.1) is 0 Å². The molecule has 1 heterocycles. The van der Waals surface area contributed by atoms with E-state index in [0.29, 0.717) is 5.13 Å². The first-order valence-electron chi connectivity index (χ1n) is 3.83. The van der Waals surface area contributed by atoms with Gasteiger partial charge in [-0.1, -0.05) is 43.2 Å². The second kappa shape index (κ2) is 4.00. The predicted molar refractivity (Wildman–Crippen MR) is 67.4 cm³/mol. The zero-order valence-corrected chi connectivity index (χ0v) is 11.0. The summed E-state index contributed by atoms with van der Waals surface area (Å²) in [7, 11) is 0. The molecule has 2 nitrogen and oxygen atoms in total.